The second-order valence-corrected chi connectivity index (χ2v) is 6.34. The van der Waals surface area contributed by atoms with Crippen LogP contribution in [0.3, 0.4) is 0 Å². The predicted octanol–water partition coefficient (Wildman–Crippen LogP) is 4.11. The molecule has 0 heterocycles. The number of hydrogen-bond acceptors (Lipinski definition) is 2. The van der Waals surface area contributed by atoms with Crippen molar-refractivity contribution in [2.75, 3.05) is 13.6 Å². The molecule has 0 radical (unpaired) electrons. The molecule has 1 aliphatic carbocycles. The largest absolute Gasteiger partial charge is 0.330 e. The predicted molar refractivity (Wildman–Crippen MR) is 82.8 cm³/mol. The Kier molecular flexibility index (Phi) is 5.13. The molecule has 3 atom stereocenters. The van der Waals surface area contributed by atoms with Gasteiger partial charge in [0.25, 0.3) is 0 Å². The Balaban J connectivity index is 2.18. The molecule has 1 aliphatic rings. The van der Waals surface area contributed by atoms with Crippen molar-refractivity contribution in [3.8, 4) is 0 Å². The lowest BCUT2D eigenvalue weighted by Gasteiger charge is -2.34. The first-order valence-electron chi connectivity index (χ1n) is 6.91. The lowest BCUT2D eigenvalue weighted by molar-refractivity contribution is 0.152. The van der Waals surface area contributed by atoms with Gasteiger partial charge in [0.2, 0.25) is 0 Å². The van der Waals surface area contributed by atoms with E-state index in [9.17, 15) is 0 Å². The van der Waals surface area contributed by atoms with Crippen LogP contribution in [-0.2, 0) is 0 Å². The highest BCUT2D eigenvalue weighted by Crippen LogP contribution is 2.36. The molecule has 3 unspecified atom stereocenters. The number of nitrogens with zero attached hydrogens (tertiary/aromatic N) is 1. The maximum Gasteiger partial charge on any atom is 0.0454 e. The maximum atomic E-state index is 6.30. The molecule has 0 spiro atoms. The van der Waals surface area contributed by atoms with E-state index < -0.39 is 0 Å². The quantitative estimate of drug-likeness (QED) is 0.906. The smallest absolute Gasteiger partial charge is 0.0454 e. The zero-order valence-corrected chi connectivity index (χ0v) is 13.1. The van der Waals surface area contributed by atoms with Gasteiger partial charge >= 0.3 is 0 Å². The van der Waals surface area contributed by atoms with E-state index in [4.69, 9.17) is 28.9 Å². The average Bonchev–Trinajstić information content (AvgIpc) is 2.88. The van der Waals surface area contributed by atoms with Gasteiger partial charge in [-0.1, -0.05) is 29.6 Å². The van der Waals surface area contributed by atoms with E-state index in [0.717, 1.165) is 22.2 Å². The van der Waals surface area contributed by atoms with Crippen LogP contribution in [0.2, 0.25) is 10.0 Å². The lowest BCUT2D eigenvalue weighted by Crippen LogP contribution is -2.39. The summed E-state index contributed by atoms with van der Waals surface area (Å²) in [5.41, 5.74) is 6.98. The highest BCUT2D eigenvalue weighted by Gasteiger charge is 2.32. The van der Waals surface area contributed by atoms with Crippen molar-refractivity contribution in [1.82, 2.24) is 4.90 Å². The van der Waals surface area contributed by atoms with Gasteiger partial charge in [0, 0.05) is 22.1 Å². The van der Waals surface area contributed by atoms with Crippen molar-refractivity contribution in [2.45, 2.75) is 38.3 Å². The van der Waals surface area contributed by atoms with Crippen LogP contribution in [0.15, 0.2) is 18.2 Å². The normalized spacial score (nSPS) is 24.9. The van der Waals surface area contributed by atoms with Gasteiger partial charge in [-0.15, -0.1) is 0 Å². The van der Waals surface area contributed by atoms with Gasteiger partial charge in [-0.05, 0) is 63.0 Å². The number of rotatable bonds is 4. The summed E-state index contributed by atoms with van der Waals surface area (Å²) in [6.45, 7) is 2.95. The third-order valence-corrected chi connectivity index (χ3v) is 5.04. The Morgan fingerprint density at radius 2 is 2.11 bits per heavy atom. The zero-order chi connectivity index (χ0) is 14.0. The van der Waals surface area contributed by atoms with Crippen LogP contribution < -0.4 is 5.73 Å². The number of nitrogens with two attached hydrogens (primary N) is 1. The Morgan fingerprint density at radius 3 is 2.79 bits per heavy atom. The fourth-order valence-electron chi connectivity index (χ4n) is 3.17. The topological polar surface area (TPSA) is 29.3 Å². The Bertz CT molecular complexity index is 436. The van der Waals surface area contributed by atoms with E-state index in [2.05, 4.69) is 18.9 Å². The summed E-state index contributed by atoms with van der Waals surface area (Å²) in [5, 5.41) is 1.52. The third kappa shape index (κ3) is 3.25. The fraction of sp³-hybridized carbons (Fsp3) is 0.600. The van der Waals surface area contributed by atoms with Crippen molar-refractivity contribution in [1.29, 1.82) is 0 Å². The van der Waals surface area contributed by atoms with Gasteiger partial charge in [0.05, 0.1) is 0 Å². The zero-order valence-electron chi connectivity index (χ0n) is 11.6. The van der Waals surface area contributed by atoms with Crippen molar-refractivity contribution in [3.05, 3.63) is 33.8 Å². The molecule has 0 bridgehead atoms. The van der Waals surface area contributed by atoms with Crippen molar-refractivity contribution in [3.63, 3.8) is 0 Å². The molecule has 0 aliphatic heterocycles. The number of halogens is 2. The molecule has 0 amide bonds. The van der Waals surface area contributed by atoms with Gasteiger partial charge in [0.1, 0.15) is 0 Å². The molecule has 0 saturated heterocycles. The molecule has 0 aromatic heterocycles. The summed E-state index contributed by atoms with van der Waals surface area (Å²) >= 11 is 12.4. The number of benzene rings is 1. The van der Waals surface area contributed by atoms with Crippen molar-refractivity contribution in [2.24, 2.45) is 11.7 Å². The minimum absolute atomic E-state index is 0.253. The average molecular weight is 301 g/mol. The summed E-state index contributed by atoms with van der Waals surface area (Å²) in [6.07, 6.45) is 3.73. The number of hydrogen-bond donors (Lipinski definition) is 1. The summed E-state index contributed by atoms with van der Waals surface area (Å²) in [4.78, 5) is 2.40. The van der Waals surface area contributed by atoms with Crippen molar-refractivity contribution >= 4 is 23.2 Å². The van der Waals surface area contributed by atoms with Gasteiger partial charge in [-0.3, -0.25) is 4.90 Å². The van der Waals surface area contributed by atoms with Crippen LogP contribution in [0.1, 0.15) is 37.8 Å². The molecule has 2 N–H and O–H groups in total. The monoisotopic (exact) mass is 300 g/mol. The highest BCUT2D eigenvalue weighted by atomic mass is 35.5. The van der Waals surface area contributed by atoms with Gasteiger partial charge in [-0.2, -0.15) is 0 Å². The first-order valence-corrected chi connectivity index (χ1v) is 7.67. The second-order valence-electron chi connectivity index (χ2n) is 5.50. The fourth-order valence-corrected chi connectivity index (χ4v) is 3.63. The summed E-state index contributed by atoms with van der Waals surface area (Å²) < 4.78 is 0. The van der Waals surface area contributed by atoms with Crippen LogP contribution in [0.25, 0.3) is 0 Å². The van der Waals surface area contributed by atoms with Crippen LogP contribution in [-0.4, -0.2) is 24.5 Å². The maximum absolute atomic E-state index is 6.30. The standard InChI is InChI=1S/C15H22Cl2N2/c1-10(13-8-12(16)6-7-14(13)17)19(2)15-5-3-4-11(15)9-18/h6-8,10-11,15H,3-5,9,18H2,1-2H3. The van der Waals surface area contributed by atoms with E-state index in [1.807, 2.05) is 18.2 Å². The molecule has 1 saturated carbocycles. The van der Waals surface area contributed by atoms with E-state index >= 15 is 0 Å². The summed E-state index contributed by atoms with van der Waals surface area (Å²) in [7, 11) is 2.17. The summed E-state index contributed by atoms with van der Waals surface area (Å²) in [6, 6.07) is 6.48. The third-order valence-electron chi connectivity index (χ3n) is 4.46. The van der Waals surface area contributed by atoms with E-state index in [-0.39, 0.29) is 6.04 Å². The molecular weight excluding hydrogens is 279 g/mol. The first-order chi connectivity index (χ1) is 9.04. The molecule has 2 nitrogen and oxygen atoms in total. The molecular formula is C15H22Cl2N2. The van der Waals surface area contributed by atoms with Crippen LogP contribution >= 0.6 is 23.2 Å². The highest BCUT2D eigenvalue weighted by molar-refractivity contribution is 6.33. The minimum Gasteiger partial charge on any atom is -0.330 e. The van der Waals surface area contributed by atoms with E-state index in [1.54, 1.807) is 0 Å². The second kappa shape index (κ2) is 6.45. The SMILES string of the molecule is CC(c1cc(Cl)ccc1Cl)N(C)C1CCCC1CN. The molecule has 2 rings (SSSR count). The van der Waals surface area contributed by atoms with Crippen LogP contribution in [0.5, 0.6) is 0 Å². The Morgan fingerprint density at radius 1 is 1.37 bits per heavy atom. The van der Waals surface area contributed by atoms with E-state index in [1.165, 1.54) is 19.3 Å². The molecule has 106 valence electrons. The molecule has 19 heavy (non-hydrogen) atoms. The van der Waals surface area contributed by atoms with Gasteiger partial charge in [0.15, 0.2) is 0 Å². The van der Waals surface area contributed by atoms with Crippen LogP contribution in [0.4, 0.5) is 0 Å². The molecule has 1 aromatic carbocycles. The molecule has 1 fully saturated rings. The van der Waals surface area contributed by atoms with Gasteiger partial charge < -0.3 is 5.73 Å². The first kappa shape index (κ1) is 15.1. The van der Waals surface area contributed by atoms with Gasteiger partial charge in [-0.25, -0.2) is 0 Å². The van der Waals surface area contributed by atoms with Crippen LogP contribution in [0, 0.1) is 5.92 Å². The van der Waals surface area contributed by atoms with E-state index in [0.29, 0.717) is 12.0 Å². The minimum atomic E-state index is 0.253. The Labute approximate surface area is 125 Å². The Hall–Kier alpha value is -0.280. The molecule has 1 aromatic rings. The molecule has 4 heteroatoms. The lowest BCUT2D eigenvalue weighted by atomic mass is 9.99. The van der Waals surface area contributed by atoms with Crippen molar-refractivity contribution < 1.29 is 0 Å². The summed E-state index contributed by atoms with van der Waals surface area (Å²) in [5.74, 6) is 0.602.